The maximum atomic E-state index is 3.66. The Balaban J connectivity index is 0.000001000. The molecule has 0 saturated heterocycles. The van der Waals surface area contributed by atoms with Crippen molar-refractivity contribution in [1.82, 2.24) is 0 Å². The minimum Gasteiger partial charge on any atom is -1.00 e. The summed E-state index contributed by atoms with van der Waals surface area (Å²) in [5.74, 6) is 0. The number of halogens is 1. The molecule has 0 bridgehead atoms. The summed E-state index contributed by atoms with van der Waals surface area (Å²) in [5.41, 5.74) is 1.28. The second kappa shape index (κ2) is 4.91. The molecular weight excluding hydrogens is 158 g/mol. The van der Waals surface area contributed by atoms with E-state index in [2.05, 4.69) is 30.3 Å². The van der Waals surface area contributed by atoms with E-state index in [1.165, 1.54) is 5.56 Å². The lowest BCUT2D eigenvalue weighted by Crippen LogP contribution is -3.00. The minimum atomic E-state index is 0. The van der Waals surface area contributed by atoms with Gasteiger partial charge in [-0.25, -0.2) is 4.57 Å². The van der Waals surface area contributed by atoms with Gasteiger partial charge < -0.3 is 12.4 Å². The molecule has 2 heteroatoms. The number of aryl methyl sites for hydroxylation is 1. The molecule has 0 unspecified atom stereocenters. The molecule has 1 heterocycles. The van der Waals surface area contributed by atoms with E-state index >= 15 is 0 Å². The van der Waals surface area contributed by atoms with Gasteiger partial charge in [-0.1, -0.05) is 6.58 Å². The van der Waals surface area contributed by atoms with Crippen molar-refractivity contribution in [1.29, 1.82) is 0 Å². The summed E-state index contributed by atoms with van der Waals surface area (Å²) >= 11 is 0. The first-order chi connectivity index (χ1) is 4.83. The molecule has 0 saturated carbocycles. The van der Waals surface area contributed by atoms with Crippen LogP contribution in [0.15, 0.2) is 37.2 Å². The lowest BCUT2D eigenvalue weighted by Gasteiger charge is -1.90. The molecule has 0 aliphatic heterocycles. The van der Waals surface area contributed by atoms with Crippen LogP contribution in [0.1, 0.15) is 5.56 Å². The summed E-state index contributed by atoms with van der Waals surface area (Å²) in [6.45, 7) is 6.64. The molecule has 0 aromatic carbocycles. The van der Waals surface area contributed by atoms with Gasteiger partial charge in [-0.2, -0.15) is 0 Å². The third-order valence-electron chi connectivity index (χ3n) is 1.35. The minimum absolute atomic E-state index is 0. The average Bonchev–Trinajstić information content (AvgIpc) is 1.88. The van der Waals surface area contributed by atoms with Gasteiger partial charge in [0.2, 0.25) is 0 Å². The smallest absolute Gasteiger partial charge is 0.172 e. The highest BCUT2D eigenvalue weighted by Crippen LogP contribution is 1.88. The van der Waals surface area contributed by atoms with E-state index in [1.807, 2.05) is 18.3 Å². The number of hydrogen-bond donors (Lipinski definition) is 0. The van der Waals surface area contributed by atoms with Gasteiger partial charge in [-0.3, -0.25) is 0 Å². The van der Waals surface area contributed by atoms with Crippen molar-refractivity contribution < 1.29 is 17.0 Å². The number of aromatic nitrogens is 1. The maximum absolute atomic E-state index is 3.66. The highest BCUT2D eigenvalue weighted by molar-refractivity contribution is 5.01. The highest BCUT2D eigenvalue weighted by atomic mass is 35.5. The molecule has 0 amide bonds. The molecule has 60 valence electrons. The Morgan fingerprint density at radius 2 is 2.36 bits per heavy atom. The summed E-state index contributed by atoms with van der Waals surface area (Å²) in [6.07, 6.45) is 6.02. The molecule has 0 atom stereocenters. The van der Waals surface area contributed by atoms with E-state index < -0.39 is 0 Å². The van der Waals surface area contributed by atoms with Crippen molar-refractivity contribution in [3.63, 3.8) is 0 Å². The molecule has 11 heavy (non-hydrogen) atoms. The predicted octanol–water partition coefficient (Wildman–Crippen LogP) is -1.53. The predicted molar refractivity (Wildman–Crippen MR) is 41.6 cm³/mol. The number of pyridine rings is 1. The van der Waals surface area contributed by atoms with E-state index in [0.29, 0.717) is 0 Å². The van der Waals surface area contributed by atoms with Crippen LogP contribution in [0, 0.1) is 6.92 Å². The van der Waals surface area contributed by atoms with Crippen LogP contribution in [-0.2, 0) is 6.54 Å². The van der Waals surface area contributed by atoms with E-state index in [1.54, 1.807) is 0 Å². The van der Waals surface area contributed by atoms with Crippen molar-refractivity contribution in [2.24, 2.45) is 0 Å². The molecular formula is C9H12ClN. The van der Waals surface area contributed by atoms with Gasteiger partial charge in [0.15, 0.2) is 18.9 Å². The summed E-state index contributed by atoms with van der Waals surface area (Å²) in [5, 5.41) is 0. The van der Waals surface area contributed by atoms with E-state index in [0.717, 1.165) is 6.54 Å². The molecule has 0 aliphatic carbocycles. The third kappa shape index (κ3) is 3.19. The lowest BCUT2D eigenvalue weighted by atomic mass is 10.3. The molecule has 1 aromatic heterocycles. The first-order valence-electron chi connectivity index (χ1n) is 3.39. The molecule has 1 nitrogen and oxygen atoms in total. The van der Waals surface area contributed by atoms with Crippen LogP contribution in [0.3, 0.4) is 0 Å². The van der Waals surface area contributed by atoms with Crippen molar-refractivity contribution in [2.45, 2.75) is 13.5 Å². The first kappa shape index (κ1) is 10.2. The zero-order valence-electron chi connectivity index (χ0n) is 6.63. The summed E-state index contributed by atoms with van der Waals surface area (Å²) in [6, 6.07) is 4.12. The molecule has 0 spiro atoms. The largest absolute Gasteiger partial charge is 1.00 e. The van der Waals surface area contributed by atoms with E-state index in [4.69, 9.17) is 0 Å². The zero-order chi connectivity index (χ0) is 7.40. The number of nitrogens with zero attached hydrogens (tertiary/aromatic N) is 1. The Kier molecular flexibility index (Phi) is 4.55. The fourth-order valence-electron chi connectivity index (χ4n) is 0.916. The summed E-state index contributed by atoms with van der Waals surface area (Å²) in [7, 11) is 0. The molecule has 0 radical (unpaired) electrons. The van der Waals surface area contributed by atoms with Crippen LogP contribution in [0.2, 0.25) is 0 Å². The van der Waals surface area contributed by atoms with Gasteiger partial charge in [-0.15, -0.1) is 0 Å². The summed E-state index contributed by atoms with van der Waals surface area (Å²) < 4.78 is 2.10. The number of allylic oxidation sites excluding steroid dienone is 1. The van der Waals surface area contributed by atoms with Crippen LogP contribution in [-0.4, -0.2) is 0 Å². The van der Waals surface area contributed by atoms with E-state index in [-0.39, 0.29) is 12.4 Å². The Hall–Kier alpha value is -0.820. The SMILES string of the molecule is C=CC[n+]1cccc(C)c1.[Cl-]. The fraction of sp³-hybridized carbons (Fsp3) is 0.222. The average molecular weight is 170 g/mol. The monoisotopic (exact) mass is 169 g/mol. The summed E-state index contributed by atoms with van der Waals surface area (Å²) in [4.78, 5) is 0. The third-order valence-corrected chi connectivity index (χ3v) is 1.35. The maximum Gasteiger partial charge on any atom is 0.172 e. The Morgan fingerprint density at radius 1 is 1.64 bits per heavy atom. The van der Waals surface area contributed by atoms with Gasteiger partial charge in [0, 0.05) is 11.6 Å². The zero-order valence-corrected chi connectivity index (χ0v) is 7.38. The normalized spacial score (nSPS) is 8.45. The number of hydrogen-bond acceptors (Lipinski definition) is 0. The number of rotatable bonds is 2. The molecule has 0 aliphatic rings. The second-order valence-corrected chi connectivity index (χ2v) is 2.37. The van der Waals surface area contributed by atoms with Crippen molar-refractivity contribution in [3.05, 3.63) is 42.7 Å². The quantitative estimate of drug-likeness (QED) is 0.374. The van der Waals surface area contributed by atoms with Gasteiger partial charge in [0.25, 0.3) is 0 Å². The van der Waals surface area contributed by atoms with Crippen molar-refractivity contribution >= 4 is 0 Å². The standard InChI is InChI=1S/C9H12N.ClH/c1-3-6-10-7-4-5-9(2)8-10;/h3-5,7-8H,1,6H2,2H3;1H/q+1;/p-1. The first-order valence-corrected chi connectivity index (χ1v) is 3.39. The van der Waals surface area contributed by atoms with Gasteiger partial charge in [0.1, 0.15) is 0 Å². The van der Waals surface area contributed by atoms with Gasteiger partial charge >= 0.3 is 0 Å². The topological polar surface area (TPSA) is 3.88 Å². The van der Waals surface area contributed by atoms with Crippen molar-refractivity contribution in [2.75, 3.05) is 0 Å². The van der Waals surface area contributed by atoms with Crippen LogP contribution >= 0.6 is 0 Å². The van der Waals surface area contributed by atoms with Crippen LogP contribution in [0.25, 0.3) is 0 Å². The molecule has 0 fully saturated rings. The highest BCUT2D eigenvalue weighted by Gasteiger charge is 1.93. The van der Waals surface area contributed by atoms with Crippen LogP contribution in [0.5, 0.6) is 0 Å². The Bertz CT molecular complexity index is 233. The van der Waals surface area contributed by atoms with Crippen LogP contribution < -0.4 is 17.0 Å². The van der Waals surface area contributed by atoms with Gasteiger partial charge in [-0.05, 0) is 19.1 Å². The van der Waals surface area contributed by atoms with E-state index in [9.17, 15) is 0 Å². The lowest BCUT2D eigenvalue weighted by molar-refractivity contribution is -0.687. The fourth-order valence-corrected chi connectivity index (χ4v) is 0.916. The second-order valence-electron chi connectivity index (χ2n) is 2.37. The Labute approximate surface area is 73.8 Å². The van der Waals surface area contributed by atoms with Crippen LogP contribution in [0.4, 0.5) is 0 Å². The molecule has 0 N–H and O–H groups in total. The van der Waals surface area contributed by atoms with Gasteiger partial charge in [0.05, 0.1) is 0 Å². The Morgan fingerprint density at radius 3 is 2.91 bits per heavy atom. The molecule has 1 rings (SSSR count). The van der Waals surface area contributed by atoms with Crippen molar-refractivity contribution in [3.8, 4) is 0 Å². The molecule has 1 aromatic rings.